The second-order valence-corrected chi connectivity index (χ2v) is 9.31. The summed E-state index contributed by atoms with van der Waals surface area (Å²) in [7, 11) is 0. The third-order valence-electron chi connectivity index (χ3n) is 6.91. The maximum Gasteiger partial charge on any atom is 0.130 e. The van der Waals surface area contributed by atoms with Crippen molar-refractivity contribution >= 4 is 0 Å². The number of hydrogen-bond donors (Lipinski definition) is 0. The van der Waals surface area contributed by atoms with E-state index in [9.17, 15) is 0 Å². The van der Waals surface area contributed by atoms with Crippen LogP contribution in [0.5, 0.6) is 0 Å². The Kier molecular flexibility index (Phi) is 9.55. The van der Waals surface area contributed by atoms with Gasteiger partial charge in [-0.2, -0.15) is 0 Å². The topological polar surface area (TPSA) is 0 Å². The Bertz CT molecular complexity index is 837. The molecule has 3 rings (SSSR count). The molecule has 170 valence electrons. The van der Waals surface area contributed by atoms with Crippen molar-refractivity contribution in [3.05, 3.63) is 58.2 Å². The predicted octanol–water partition coefficient (Wildman–Crippen LogP) is 9.15. The lowest BCUT2D eigenvalue weighted by atomic mass is 9.82. The molecule has 0 saturated carbocycles. The van der Waals surface area contributed by atoms with E-state index in [-0.39, 0.29) is 11.6 Å². The first-order valence-electron chi connectivity index (χ1n) is 12.8. The van der Waals surface area contributed by atoms with Gasteiger partial charge in [-0.3, -0.25) is 0 Å². The Morgan fingerprint density at radius 1 is 0.548 bits per heavy atom. The van der Waals surface area contributed by atoms with E-state index in [1.807, 2.05) is 24.3 Å². The summed E-state index contributed by atoms with van der Waals surface area (Å²) in [6, 6.07) is 7.94. The van der Waals surface area contributed by atoms with Crippen molar-refractivity contribution in [3.8, 4) is 11.1 Å². The summed E-state index contributed by atoms with van der Waals surface area (Å²) in [6.45, 7) is 4.43. The van der Waals surface area contributed by atoms with Crippen LogP contribution in [0.25, 0.3) is 11.1 Å². The van der Waals surface area contributed by atoms with Crippen LogP contribution in [0.1, 0.15) is 107 Å². The maximum atomic E-state index is 15.2. The third kappa shape index (κ3) is 6.18. The summed E-state index contributed by atoms with van der Waals surface area (Å²) in [6.07, 6.45) is 16.1. The zero-order chi connectivity index (χ0) is 22.1. The van der Waals surface area contributed by atoms with Crippen LogP contribution >= 0.6 is 0 Å². The number of rotatable bonds is 13. The zero-order valence-corrected chi connectivity index (χ0v) is 19.7. The van der Waals surface area contributed by atoms with Gasteiger partial charge in [0, 0.05) is 0 Å². The van der Waals surface area contributed by atoms with E-state index in [1.165, 1.54) is 51.4 Å². The largest absolute Gasteiger partial charge is 0.206 e. The molecule has 2 aromatic rings. The van der Waals surface area contributed by atoms with Crippen molar-refractivity contribution in [1.82, 2.24) is 0 Å². The molecule has 1 aliphatic rings. The van der Waals surface area contributed by atoms with Crippen molar-refractivity contribution in [2.24, 2.45) is 0 Å². The summed E-state index contributed by atoms with van der Waals surface area (Å²) in [4.78, 5) is 0. The van der Waals surface area contributed by atoms with Gasteiger partial charge in [0.05, 0.1) is 0 Å². The summed E-state index contributed by atoms with van der Waals surface area (Å²) in [5.41, 5.74) is 5.05. The van der Waals surface area contributed by atoms with E-state index in [2.05, 4.69) is 13.8 Å². The van der Waals surface area contributed by atoms with Crippen LogP contribution < -0.4 is 0 Å². The quantitative estimate of drug-likeness (QED) is 0.280. The van der Waals surface area contributed by atoms with Gasteiger partial charge in [0.1, 0.15) is 11.6 Å². The number of fused-ring (bicyclic) bond motifs is 3. The highest BCUT2D eigenvalue weighted by Crippen LogP contribution is 2.38. The molecule has 0 heterocycles. The van der Waals surface area contributed by atoms with Crippen molar-refractivity contribution in [3.63, 3.8) is 0 Å². The minimum absolute atomic E-state index is 0.0433. The molecular formula is C29H40F2. The molecule has 0 bridgehead atoms. The molecule has 2 heteroatoms. The van der Waals surface area contributed by atoms with E-state index in [0.29, 0.717) is 12.8 Å². The molecule has 0 atom stereocenters. The highest BCUT2D eigenvalue weighted by molar-refractivity contribution is 5.74. The van der Waals surface area contributed by atoms with Gasteiger partial charge < -0.3 is 0 Å². The highest BCUT2D eigenvalue weighted by atomic mass is 19.1. The molecular weight excluding hydrogens is 386 g/mol. The molecule has 2 aromatic carbocycles. The monoisotopic (exact) mass is 426 g/mol. The fourth-order valence-electron chi connectivity index (χ4n) is 4.98. The van der Waals surface area contributed by atoms with Crippen LogP contribution in [0.15, 0.2) is 24.3 Å². The summed E-state index contributed by atoms with van der Waals surface area (Å²) in [5.74, 6) is -0.0922. The Hall–Kier alpha value is -1.70. The molecule has 0 N–H and O–H groups in total. The average Bonchev–Trinajstić information content (AvgIpc) is 2.78. The second kappa shape index (κ2) is 12.4. The smallest absolute Gasteiger partial charge is 0.130 e. The second-order valence-electron chi connectivity index (χ2n) is 9.31. The predicted molar refractivity (Wildman–Crippen MR) is 129 cm³/mol. The lowest BCUT2D eigenvalue weighted by Crippen LogP contribution is -2.11. The van der Waals surface area contributed by atoms with Gasteiger partial charge >= 0.3 is 0 Å². The van der Waals surface area contributed by atoms with Crippen LogP contribution in [0.2, 0.25) is 0 Å². The van der Waals surface area contributed by atoms with Crippen molar-refractivity contribution < 1.29 is 8.78 Å². The number of benzene rings is 2. The SMILES string of the molecule is CCCCCCCCCc1ccc2c(c1F)CCc1c-2ccc(CCCCCC)c1F. The molecule has 0 unspecified atom stereocenters. The molecule has 0 saturated heterocycles. The normalized spacial score (nSPS) is 12.6. The number of halogens is 2. The van der Waals surface area contributed by atoms with Crippen LogP contribution in [0.3, 0.4) is 0 Å². The standard InChI is InChI=1S/C29H40F2/c1-3-5-7-9-10-11-13-15-23-17-19-25-24-18-16-22(14-12-8-6-4-2)28(30)26(24)20-21-27(25)29(23)31/h16-19H,3-15,20-21H2,1-2H3. The lowest BCUT2D eigenvalue weighted by Gasteiger charge is -2.23. The summed E-state index contributed by atoms with van der Waals surface area (Å²) >= 11 is 0. The van der Waals surface area contributed by atoms with E-state index in [1.54, 1.807) is 0 Å². The molecule has 0 amide bonds. The van der Waals surface area contributed by atoms with Gasteiger partial charge in [-0.15, -0.1) is 0 Å². The van der Waals surface area contributed by atoms with Gasteiger partial charge in [0.2, 0.25) is 0 Å². The third-order valence-corrected chi connectivity index (χ3v) is 6.91. The molecule has 0 aromatic heterocycles. The lowest BCUT2D eigenvalue weighted by molar-refractivity contribution is 0.559. The first kappa shape index (κ1) is 24.0. The molecule has 0 aliphatic heterocycles. The highest BCUT2D eigenvalue weighted by Gasteiger charge is 2.24. The van der Waals surface area contributed by atoms with E-state index in [4.69, 9.17) is 0 Å². The van der Waals surface area contributed by atoms with Crippen LogP contribution in [-0.2, 0) is 25.7 Å². The fourth-order valence-corrected chi connectivity index (χ4v) is 4.98. The van der Waals surface area contributed by atoms with E-state index in [0.717, 1.165) is 65.5 Å². The molecule has 0 nitrogen and oxygen atoms in total. The number of hydrogen-bond acceptors (Lipinski definition) is 0. The minimum atomic E-state index is -0.0489. The Morgan fingerprint density at radius 2 is 0.935 bits per heavy atom. The molecule has 1 aliphatic carbocycles. The summed E-state index contributed by atoms with van der Waals surface area (Å²) in [5, 5.41) is 0. The van der Waals surface area contributed by atoms with Crippen molar-refractivity contribution in [2.45, 2.75) is 110 Å². The number of unbranched alkanes of at least 4 members (excludes halogenated alkanes) is 9. The van der Waals surface area contributed by atoms with Gasteiger partial charge in [-0.1, -0.05) is 95.9 Å². The van der Waals surface area contributed by atoms with E-state index >= 15 is 8.78 Å². The Balaban J connectivity index is 1.65. The van der Waals surface area contributed by atoms with Gasteiger partial charge in [-0.25, -0.2) is 8.78 Å². The first-order chi connectivity index (χ1) is 15.2. The molecule has 0 fully saturated rings. The number of aryl methyl sites for hydroxylation is 2. The Labute approximate surface area is 188 Å². The van der Waals surface area contributed by atoms with Crippen LogP contribution in [0, 0.1) is 11.6 Å². The Morgan fingerprint density at radius 3 is 1.39 bits per heavy atom. The fraction of sp³-hybridized carbons (Fsp3) is 0.586. The van der Waals surface area contributed by atoms with Crippen molar-refractivity contribution in [1.29, 1.82) is 0 Å². The van der Waals surface area contributed by atoms with E-state index < -0.39 is 0 Å². The maximum absolute atomic E-state index is 15.2. The van der Waals surface area contributed by atoms with Gasteiger partial charge in [-0.05, 0) is 71.9 Å². The molecule has 0 spiro atoms. The zero-order valence-electron chi connectivity index (χ0n) is 19.7. The molecule has 0 radical (unpaired) electrons. The average molecular weight is 427 g/mol. The minimum Gasteiger partial charge on any atom is -0.206 e. The van der Waals surface area contributed by atoms with Gasteiger partial charge in [0.15, 0.2) is 0 Å². The van der Waals surface area contributed by atoms with Crippen molar-refractivity contribution in [2.75, 3.05) is 0 Å². The molecule has 31 heavy (non-hydrogen) atoms. The van der Waals surface area contributed by atoms with Gasteiger partial charge in [0.25, 0.3) is 0 Å². The summed E-state index contributed by atoms with van der Waals surface area (Å²) < 4.78 is 30.4. The first-order valence-corrected chi connectivity index (χ1v) is 12.8. The van der Waals surface area contributed by atoms with Crippen LogP contribution in [0.4, 0.5) is 8.78 Å². The van der Waals surface area contributed by atoms with Crippen LogP contribution in [-0.4, -0.2) is 0 Å².